The maximum atomic E-state index is 14.1. The number of rotatable bonds is 6. The molecular weight excluding hydrogens is 508 g/mol. The van der Waals surface area contributed by atoms with E-state index in [-0.39, 0.29) is 28.7 Å². The van der Waals surface area contributed by atoms with Crippen molar-refractivity contribution in [2.24, 2.45) is 0 Å². The van der Waals surface area contributed by atoms with E-state index in [2.05, 4.69) is 19.9 Å². The number of hydroxylamine groups is 2. The Kier molecular flexibility index (Phi) is 6.11. The smallest absolute Gasteiger partial charge is 0.370 e. The quantitative estimate of drug-likeness (QED) is 0.369. The van der Waals surface area contributed by atoms with Crippen LogP contribution in [0.3, 0.4) is 0 Å². The molecule has 3 aromatic rings. The first-order valence-electron chi connectivity index (χ1n) is 11.2. The maximum Gasteiger partial charge on any atom is 0.370 e. The normalized spacial score (nSPS) is 20.6. The van der Waals surface area contributed by atoms with E-state index < -0.39 is 39.4 Å². The zero-order valence-electron chi connectivity index (χ0n) is 19.7. The van der Waals surface area contributed by atoms with Crippen LogP contribution in [0.15, 0.2) is 59.4 Å². The van der Waals surface area contributed by atoms with Gasteiger partial charge in [-0.05, 0) is 25.8 Å². The highest BCUT2D eigenvalue weighted by atomic mass is 35.5. The predicted molar refractivity (Wildman–Crippen MR) is 129 cm³/mol. The second-order valence-electron chi connectivity index (χ2n) is 8.90. The van der Waals surface area contributed by atoms with E-state index in [1.165, 1.54) is 31.5 Å². The Morgan fingerprint density at radius 2 is 1.92 bits per heavy atom. The molecule has 190 valence electrons. The topological polar surface area (TPSA) is 121 Å². The number of halogens is 3. The zero-order chi connectivity index (χ0) is 26.5. The van der Waals surface area contributed by atoms with Crippen LogP contribution < -0.4 is 4.65 Å². The Bertz CT molecular complexity index is 1500. The highest BCUT2D eigenvalue weighted by Gasteiger charge is 2.45. The van der Waals surface area contributed by atoms with E-state index in [1.54, 1.807) is 13.0 Å². The van der Waals surface area contributed by atoms with Crippen molar-refractivity contribution in [3.8, 4) is 11.4 Å². The van der Waals surface area contributed by atoms with Gasteiger partial charge in [-0.1, -0.05) is 11.6 Å². The summed E-state index contributed by atoms with van der Waals surface area (Å²) in [7, 11) is 0. The van der Waals surface area contributed by atoms with Crippen LogP contribution in [0.25, 0.3) is 11.4 Å². The zero-order valence-corrected chi connectivity index (χ0v) is 20.5. The molecule has 5 rings (SSSR count). The summed E-state index contributed by atoms with van der Waals surface area (Å²) in [4.78, 5) is 29.8. The first-order valence-corrected chi connectivity index (χ1v) is 11.6. The second kappa shape index (κ2) is 9.03. The van der Waals surface area contributed by atoms with Gasteiger partial charge in [-0.2, -0.15) is 0 Å². The molecule has 0 aromatic carbocycles. The third-order valence-corrected chi connectivity index (χ3v) is 6.59. The predicted octanol–water partition coefficient (Wildman–Crippen LogP) is 4.42. The molecule has 2 aliphatic rings. The first-order chi connectivity index (χ1) is 17.5. The fourth-order valence-corrected chi connectivity index (χ4v) is 4.14. The van der Waals surface area contributed by atoms with Crippen LogP contribution in [-0.4, -0.2) is 30.9 Å². The average Bonchev–Trinajstić information content (AvgIpc) is 3.64. The Morgan fingerprint density at radius 1 is 1.16 bits per heavy atom. The molecule has 9 nitrogen and oxygen atoms in total. The van der Waals surface area contributed by atoms with Gasteiger partial charge < -0.3 is 15.1 Å². The number of aromatic nitrogens is 4. The van der Waals surface area contributed by atoms with Crippen LogP contribution in [0, 0.1) is 23.8 Å². The molecule has 1 amide bonds. The molecule has 0 bridgehead atoms. The summed E-state index contributed by atoms with van der Waals surface area (Å²) in [5, 5.41) is 24.0. The summed E-state index contributed by atoms with van der Waals surface area (Å²) in [5.74, 6) is -2.64. The summed E-state index contributed by atoms with van der Waals surface area (Å²) in [6.45, 7) is 2.64. The standard InChI is InChI=1S/C25H20ClF2N5O4/c1-13-10-30-18(17-3-6-29-24(32-17)25(35)4-5-25)9-20(13)33(36)14(2)7-21(22(26)23(33)34)37-12-19-16(28)8-15(27)11-31-19/h3,6-11,35H,4-5,12H2,1-2H3. The van der Waals surface area contributed by atoms with Crippen LogP contribution >= 0.6 is 11.6 Å². The largest absolute Gasteiger partial charge is 0.614 e. The van der Waals surface area contributed by atoms with Crippen molar-refractivity contribution in [2.45, 2.75) is 38.9 Å². The molecule has 1 saturated carbocycles. The molecular formula is C25H20ClF2N5O4. The summed E-state index contributed by atoms with van der Waals surface area (Å²) < 4.78 is 31.0. The summed E-state index contributed by atoms with van der Waals surface area (Å²) in [6, 6.07) is 3.70. The highest BCUT2D eigenvalue weighted by Crippen LogP contribution is 2.44. The van der Waals surface area contributed by atoms with Crippen LogP contribution in [0.4, 0.5) is 14.5 Å². The van der Waals surface area contributed by atoms with Gasteiger partial charge in [-0.15, -0.1) is 0 Å². The van der Waals surface area contributed by atoms with E-state index in [0.717, 1.165) is 6.20 Å². The lowest BCUT2D eigenvalue weighted by molar-refractivity contribution is -0.122. The fourth-order valence-electron chi connectivity index (χ4n) is 3.91. The van der Waals surface area contributed by atoms with E-state index in [1.807, 2.05) is 0 Å². The highest BCUT2D eigenvalue weighted by molar-refractivity contribution is 6.44. The minimum atomic E-state index is -1.53. The fraction of sp³-hybridized carbons (Fsp3) is 0.240. The number of hydrogen-bond donors (Lipinski definition) is 1. The minimum Gasteiger partial charge on any atom is -0.614 e. The minimum absolute atomic E-state index is 0.0351. The molecule has 4 heterocycles. The number of pyridine rings is 2. The molecule has 1 aliphatic carbocycles. The van der Waals surface area contributed by atoms with Crippen LogP contribution in [-0.2, 0) is 21.7 Å². The molecule has 0 radical (unpaired) electrons. The summed E-state index contributed by atoms with van der Waals surface area (Å²) >= 11 is 6.26. The monoisotopic (exact) mass is 527 g/mol. The van der Waals surface area contributed by atoms with Crippen molar-refractivity contribution in [1.82, 2.24) is 24.6 Å². The Balaban J connectivity index is 1.47. The summed E-state index contributed by atoms with van der Waals surface area (Å²) in [6.07, 6.45) is 6.19. The molecule has 1 N–H and O–H groups in total. The second-order valence-corrected chi connectivity index (χ2v) is 9.28. The Labute approximate surface area is 214 Å². The van der Waals surface area contributed by atoms with Gasteiger partial charge in [0.25, 0.3) is 0 Å². The van der Waals surface area contributed by atoms with E-state index in [0.29, 0.717) is 35.9 Å². The van der Waals surface area contributed by atoms with E-state index in [9.17, 15) is 23.9 Å². The number of amides is 1. The lowest BCUT2D eigenvalue weighted by Crippen LogP contribution is -2.49. The van der Waals surface area contributed by atoms with Gasteiger partial charge in [-0.25, -0.2) is 28.2 Å². The van der Waals surface area contributed by atoms with Crippen LogP contribution in [0.5, 0.6) is 0 Å². The maximum absolute atomic E-state index is 14.1. The number of nitrogens with zero attached hydrogens (tertiary/aromatic N) is 5. The Hall–Kier alpha value is -3.64. The van der Waals surface area contributed by atoms with Gasteiger partial charge in [0, 0.05) is 43.1 Å². The molecule has 3 aromatic heterocycles. The average molecular weight is 528 g/mol. The van der Waals surface area contributed by atoms with Gasteiger partial charge in [0.2, 0.25) is 0 Å². The van der Waals surface area contributed by atoms with Crippen molar-refractivity contribution >= 4 is 23.2 Å². The number of hydrogen-bond acceptors (Lipinski definition) is 8. The number of quaternary nitrogens is 1. The third kappa shape index (κ3) is 4.40. The molecule has 1 atom stereocenters. The number of aliphatic hydroxyl groups is 1. The molecule has 12 heteroatoms. The number of aryl methyl sites for hydroxylation is 1. The summed E-state index contributed by atoms with van der Waals surface area (Å²) in [5.41, 5.74) is -0.0306. The number of ether oxygens (including phenoxy) is 1. The molecule has 37 heavy (non-hydrogen) atoms. The van der Waals surface area contributed by atoms with Crippen molar-refractivity contribution in [2.75, 3.05) is 0 Å². The molecule has 1 aliphatic heterocycles. The van der Waals surface area contributed by atoms with Gasteiger partial charge in [-0.3, -0.25) is 9.97 Å². The van der Waals surface area contributed by atoms with Gasteiger partial charge in [0.05, 0.1) is 17.6 Å². The van der Waals surface area contributed by atoms with Gasteiger partial charge in [0.15, 0.2) is 28.1 Å². The SMILES string of the molecule is CC1=CC(OCc2ncc(F)cc2F)=C(Cl)C(=O)[N+]1([O-])c1cc(-c2ccnc(C3(O)CC3)n2)ncc1C. The number of allylic oxidation sites excluding steroid dienone is 2. The van der Waals surface area contributed by atoms with Crippen molar-refractivity contribution in [1.29, 1.82) is 0 Å². The van der Waals surface area contributed by atoms with Crippen molar-refractivity contribution in [3.63, 3.8) is 0 Å². The number of carbonyl (C=O) groups excluding carboxylic acids is 1. The lowest BCUT2D eigenvalue weighted by atomic mass is 10.1. The van der Waals surface area contributed by atoms with E-state index in [4.69, 9.17) is 16.3 Å². The van der Waals surface area contributed by atoms with Crippen molar-refractivity contribution < 1.29 is 23.4 Å². The van der Waals surface area contributed by atoms with Crippen LogP contribution in [0.2, 0.25) is 0 Å². The molecule has 0 spiro atoms. The van der Waals surface area contributed by atoms with Crippen LogP contribution in [0.1, 0.15) is 36.8 Å². The molecule has 0 saturated heterocycles. The Morgan fingerprint density at radius 3 is 2.62 bits per heavy atom. The molecule has 1 fully saturated rings. The van der Waals surface area contributed by atoms with Gasteiger partial charge >= 0.3 is 5.91 Å². The van der Waals surface area contributed by atoms with Gasteiger partial charge in [0.1, 0.15) is 29.4 Å². The lowest BCUT2D eigenvalue weighted by Gasteiger charge is -2.41. The first kappa shape index (κ1) is 25.0. The van der Waals surface area contributed by atoms with E-state index >= 15 is 0 Å². The number of carbonyl (C=O) groups is 1. The molecule has 1 unspecified atom stereocenters. The van der Waals surface area contributed by atoms with Crippen molar-refractivity contribution in [3.05, 3.63) is 93.3 Å². The third-order valence-electron chi connectivity index (χ3n) is 6.25.